The van der Waals surface area contributed by atoms with Crippen molar-refractivity contribution >= 4 is 5.97 Å². The van der Waals surface area contributed by atoms with Crippen molar-refractivity contribution in [1.29, 1.82) is 0 Å². The van der Waals surface area contributed by atoms with Crippen molar-refractivity contribution in [2.45, 2.75) is 6.36 Å². The molecule has 0 aromatic heterocycles. The molecule has 7 heteroatoms. The van der Waals surface area contributed by atoms with Crippen LogP contribution in [-0.4, -0.2) is 19.4 Å². The predicted molar refractivity (Wildman–Crippen MR) is 69.9 cm³/mol. The largest absolute Gasteiger partial charge is 0.573 e. The lowest BCUT2D eigenvalue weighted by Gasteiger charge is -2.15. The number of methoxy groups -OCH3 is 1. The molecular weight excluding hydrogens is 304 g/mol. The molecule has 2 aromatic rings. The van der Waals surface area contributed by atoms with Crippen molar-refractivity contribution in [2.75, 3.05) is 7.11 Å². The Balaban J connectivity index is 2.60. The summed E-state index contributed by atoms with van der Waals surface area (Å²) in [6.07, 6.45) is -4.89. The summed E-state index contributed by atoms with van der Waals surface area (Å²) in [6.45, 7) is 0. The van der Waals surface area contributed by atoms with E-state index in [0.29, 0.717) is 0 Å². The van der Waals surface area contributed by atoms with Crippen molar-refractivity contribution in [3.63, 3.8) is 0 Å². The van der Waals surface area contributed by atoms with Crippen LogP contribution in [-0.2, 0) is 4.74 Å². The van der Waals surface area contributed by atoms with Gasteiger partial charge in [0.05, 0.1) is 12.7 Å². The Labute approximate surface area is 123 Å². The van der Waals surface area contributed by atoms with Crippen molar-refractivity contribution in [1.82, 2.24) is 0 Å². The Bertz CT molecular complexity index is 695. The van der Waals surface area contributed by atoms with Gasteiger partial charge in [0.15, 0.2) is 0 Å². The molecule has 2 aromatic carbocycles. The van der Waals surface area contributed by atoms with Gasteiger partial charge in [0, 0.05) is 11.1 Å². The van der Waals surface area contributed by atoms with E-state index in [0.717, 1.165) is 25.3 Å². The van der Waals surface area contributed by atoms with Crippen molar-refractivity contribution in [3.05, 3.63) is 53.8 Å². The molecule has 0 amide bonds. The second-order valence-corrected chi connectivity index (χ2v) is 4.23. The normalized spacial score (nSPS) is 11.1. The minimum atomic E-state index is -4.89. The number of ether oxygens (including phenoxy) is 2. The summed E-state index contributed by atoms with van der Waals surface area (Å²) in [4.78, 5) is 11.7. The Morgan fingerprint density at radius 3 is 2.36 bits per heavy atom. The van der Waals surface area contributed by atoms with Gasteiger partial charge in [0.1, 0.15) is 11.6 Å². The summed E-state index contributed by atoms with van der Waals surface area (Å²) in [5.41, 5.74) is -0.117. The van der Waals surface area contributed by atoms with Gasteiger partial charge in [-0.15, -0.1) is 13.2 Å². The van der Waals surface area contributed by atoms with Gasteiger partial charge in [-0.2, -0.15) is 0 Å². The third kappa shape index (κ3) is 3.55. The number of halogens is 4. The lowest BCUT2D eigenvalue weighted by atomic mass is 9.98. The fraction of sp³-hybridized carbons (Fsp3) is 0.133. The number of hydrogen-bond acceptors (Lipinski definition) is 3. The van der Waals surface area contributed by atoms with Gasteiger partial charge in [0.25, 0.3) is 0 Å². The van der Waals surface area contributed by atoms with Crippen molar-refractivity contribution < 1.29 is 31.8 Å². The molecule has 0 N–H and O–H groups in total. The summed E-state index contributed by atoms with van der Waals surface area (Å²) in [5, 5.41) is 0. The van der Waals surface area contributed by atoms with Crippen LogP contribution in [0.4, 0.5) is 17.6 Å². The average molecular weight is 314 g/mol. The highest BCUT2D eigenvalue weighted by Crippen LogP contribution is 2.35. The lowest BCUT2D eigenvalue weighted by molar-refractivity contribution is -0.274. The van der Waals surface area contributed by atoms with E-state index in [-0.39, 0.29) is 16.7 Å². The maximum Gasteiger partial charge on any atom is 0.573 e. The Kier molecular flexibility index (Phi) is 4.35. The van der Waals surface area contributed by atoms with E-state index < -0.39 is 23.9 Å². The first-order valence-electron chi connectivity index (χ1n) is 6.05. The molecule has 0 aliphatic carbocycles. The van der Waals surface area contributed by atoms with Crippen LogP contribution < -0.4 is 4.74 Å². The molecular formula is C15H10F4O3. The van der Waals surface area contributed by atoms with Gasteiger partial charge in [-0.3, -0.25) is 0 Å². The number of alkyl halides is 3. The predicted octanol–water partition coefficient (Wildman–Crippen LogP) is 4.18. The molecule has 0 aliphatic rings. The Morgan fingerprint density at radius 1 is 1.05 bits per heavy atom. The van der Waals surface area contributed by atoms with Crippen LogP contribution in [0.25, 0.3) is 11.1 Å². The highest BCUT2D eigenvalue weighted by molar-refractivity contribution is 5.98. The first-order chi connectivity index (χ1) is 10.3. The Hall–Kier alpha value is -2.57. The van der Waals surface area contributed by atoms with Crippen molar-refractivity contribution in [3.8, 4) is 16.9 Å². The molecule has 0 heterocycles. The zero-order chi connectivity index (χ0) is 16.3. The molecule has 0 radical (unpaired) electrons. The van der Waals surface area contributed by atoms with E-state index in [1.807, 2.05) is 0 Å². The van der Waals surface area contributed by atoms with Crippen LogP contribution in [0.2, 0.25) is 0 Å². The van der Waals surface area contributed by atoms with Gasteiger partial charge < -0.3 is 9.47 Å². The van der Waals surface area contributed by atoms with Crippen molar-refractivity contribution in [2.24, 2.45) is 0 Å². The fourth-order valence-corrected chi connectivity index (χ4v) is 1.93. The van der Waals surface area contributed by atoms with E-state index >= 15 is 0 Å². The quantitative estimate of drug-likeness (QED) is 0.630. The average Bonchev–Trinajstić information content (AvgIpc) is 2.45. The third-order valence-electron chi connectivity index (χ3n) is 2.79. The second kappa shape index (κ2) is 6.05. The number of rotatable bonds is 3. The standard InChI is InChI=1S/C15H10F4O3/c1-21-14(20)12-8-9(16)6-7-10(12)11-4-2-3-5-13(11)22-15(17,18)19/h2-8H,1H3. The van der Waals surface area contributed by atoms with Crippen LogP contribution in [0.3, 0.4) is 0 Å². The summed E-state index contributed by atoms with van der Waals surface area (Å²) in [6, 6.07) is 8.39. The maximum atomic E-state index is 13.3. The molecule has 0 saturated carbocycles. The second-order valence-electron chi connectivity index (χ2n) is 4.23. The Morgan fingerprint density at radius 2 is 1.73 bits per heavy atom. The van der Waals surface area contributed by atoms with E-state index in [9.17, 15) is 22.4 Å². The molecule has 0 aliphatic heterocycles. The first kappa shape index (κ1) is 15.8. The fourth-order valence-electron chi connectivity index (χ4n) is 1.93. The number of esters is 1. The van der Waals surface area contributed by atoms with Crippen LogP contribution in [0.5, 0.6) is 5.75 Å². The maximum absolute atomic E-state index is 13.3. The highest BCUT2D eigenvalue weighted by Gasteiger charge is 2.32. The smallest absolute Gasteiger partial charge is 0.465 e. The third-order valence-corrected chi connectivity index (χ3v) is 2.79. The minimum Gasteiger partial charge on any atom is -0.465 e. The summed E-state index contributed by atoms with van der Waals surface area (Å²) in [5.74, 6) is -2.07. The molecule has 0 spiro atoms. The summed E-state index contributed by atoms with van der Waals surface area (Å²) >= 11 is 0. The molecule has 0 bridgehead atoms. The number of carbonyl (C=O) groups is 1. The summed E-state index contributed by atoms with van der Waals surface area (Å²) < 4.78 is 59.1. The molecule has 116 valence electrons. The molecule has 3 nitrogen and oxygen atoms in total. The van der Waals surface area contributed by atoms with Crippen LogP contribution in [0, 0.1) is 5.82 Å². The monoisotopic (exact) mass is 314 g/mol. The highest BCUT2D eigenvalue weighted by atomic mass is 19.4. The van der Waals surface area contributed by atoms with Gasteiger partial charge in [-0.25, -0.2) is 9.18 Å². The molecule has 0 unspecified atom stereocenters. The van der Waals surface area contributed by atoms with Crippen LogP contribution in [0.1, 0.15) is 10.4 Å². The van der Waals surface area contributed by atoms with Gasteiger partial charge in [-0.05, 0) is 18.2 Å². The molecule has 0 atom stereocenters. The number of para-hydroxylation sites is 1. The number of carbonyl (C=O) groups excluding carboxylic acids is 1. The van der Waals surface area contributed by atoms with E-state index in [1.165, 1.54) is 24.3 Å². The summed E-state index contributed by atoms with van der Waals surface area (Å²) in [7, 11) is 1.09. The van der Waals surface area contributed by atoms with Gasteiger partial charge >= 0.3 is 12.3 Å². The molecule has 22 heavy (non-hydrogen) atoms. The first-order valence-corrected chi connectivity index (χ1v) is 6.05. The van der Waals surface area contributed by atoms with E-state index in [4.69, 9.17) is 0 Å². The zero-order valence-electron chi connectivity index (χ0n) is 11.3. The number of benzene rings is 2. The zero-order valence-corrected chi connectivity index (χ0v) is 11.3. The molecule has 0 fully saturated rings. The molecule has 0 saturated heterocycles. The number of hydrogen-bond donors (Lipinski definition) is 0. The molecule has 2 rings (SSSR count). The van der Waals surface area contributed by atoms with Gasteiger partial charge in [-0.1, -0.05) is 24.3 Å². The van der Waals surface area contributed by atoms with Crippen LogP contribution in [0.15, 0.2) is 42.5 Å². The van der Waals surface area contributed by atoms with E-state index in [2.05, 4.69) is 9.47 Å². The van der Waals surface area contributed by atoms with Gasteiger partial charge in [0.2, 0.25) is 0 Å². The minimum absolute atomic E-state index is 0.000208. The lowest BCUT2D eigenvalue weighted by Crippen LogP contribution is -2.17. The SMILES string of the molecule is COC(=O)c1cc(F)ccc1-c1ccccc1OC(F)(F)F. The van der Waals surface area contributed by atoms with E-state index in [1.54, 1.807) is 0 Å². The topological polar surface area (TPSA) is 35.5 Å². The van der Waals surface area contributed by atoms with Crippen LogP contribution >= 0.6 is 0 Å².